The lowest BCUT2D eigenvalue weighted by molar-refractivity contribution is -0.896. The third-order valence-corrected chi connectivity index (χ3v) is 5.83. The van der Waals surface area contributed by atoms with E-state index in [1.165, 1.54) is 23.5 Å². The number of halogens is 1. The van der Waals surface area contributed by atoms with Crippen molar-refractivity contribution in [2.24, 2.45) is 5.92 Å². The molecule has 0 unspecified atom stereocenters. The molecule has 0 aliphatic heterocycles. The first-order valence-electron chi connectivity index (χ1n) is 9.48. The van der Waals surface area contributed by atoms with E-state index < -0.39 is 0 Å². The van der Waals surface area contributed by atoms with Crippen molar-refractivity contribution in [2.45, 2.75) is 33.1 Å². The van der Waals surface area contributed by atoms with E-state index in [4.69, 9.17) is 0 Å². The molecular weight excluding hydrogens is 349 g/mol. The Bertz CT molecular complexity index is 723. The van der Waals surface area contributed by atoms with Gasteiger partial charge < -0.3 is 4.90 Å². The lowest BCUT2D eigenvalue weighted by atomic mass is 10.2. The Hall–Kier alpha value is -1.79. The Balaban J connectivity index is 1.72. The molecule has 0 atom stereocenters. The van der Waals surface area contributed by atoms with Crippen molar-refractivity contribution in [3.8, 4) is 11.3 Å². The zero-order chi connectivity index (χ0) is 18.5. The zero-order valence-electron chi connectivity index (χ0n) is 15.5. The number of benzene rings is 1. The van der Waals surface area contributed by atoms with Crippen LogP contribution in [0.15, 0.2) is 29.6 Å². The summed E-state index contributed by atoms with van der Waals surface area (Å²) in [5, 5.41) is 2.71. The molecule has 1 saturated carbocycles. The normalized spacial score (nSPS) is 14.0. The monoisotopic (exact) mass is 376 g/mol. The van der Waals surface area contributed by atoms with Gasteiger partial charge in [-0.2, -0.15) is 0 Å². The highest BCUT2D eigenvalue weighted by Gasteiger charge is 2.35. The summed E-state index contributed by atoms with van der Waals surface area (Å²) < 4.78 is 13.1. The van der Waals surface area contributed by atoms with E-state index in [-0.39, 0.29) is 17.6 Å². The molecule has 3 rings (SSSR count). The van der Waals surface area contributed by atoms with Crippen molar-refractivity contribution < 1.29 is 14.1 Å². The maximum atomic E-state index is 13.1. The molecule has 1 heterocycles. The van der Waals surface area contributed by atoms with Crippen molar-refractivity contribution in [1.29, 1.82) is 0 Å². The highest BCUT2D eigenvalue weighted by Crippen LogP contribution is 2.35. The van der Waals surface area contributed by atoms with E-state index in [0.29, 0.717) is 0 Å². The van der Waals surface area contributed by atoms with Crippen molar-refractivity contribution in [2.75, 3.05) is 31.1 Å². The quantitative estimate of drug-likeness (QED) is 0.731. The van der Waals surface area contributed by atoms with Crippen molar-refractivity contribution >= 4 is 22.4 Å². The number of quaternary nitrogens is 1. The molecule has 4 nitrogen and oxygen atoms in total. The molecule has 1 amide bonds. The Kier molecular flexibility index (Phi) is 6.38. The number of nitrogens with zero attached hydrogens (tertiary/aromatic N) is 2. The number of carbonyl (C=O) groups is 1. The fourth-order valence-corrected chi connectivity index (χ4v) is 3.95. The number of hydrogen-bond donors (Lipinski definition) is 1. The van der Waals surface area contributed by atoms with Gasteiger partial charge >= 0.3 is 0 Å². The van der Waals surface area contributed by atoms with Crippen LogP contribution in [0.1, 0.15) is 33.1 Å². The van der Waals surface area contributed by atoms with Gasteiger partial charge in [-0.3, -0.25) is 9.69 Å². The van der Waals surface area contributed by atoms with Crippen LogP contribution in [-0.2, 0) is 4.79 Å². The number of amides is 1. The van der Waals surface area contributed by atoms with Crippen molar-refractivity contribution in [3.05, 3.63) is 35.5 Å². The maximum absolute atomic E-state index is 13.1. The first-order chi connectivity index (χ1) is 12.6. The topological polar surface area (TPSA) is 37.6 Å². The molecule has 2 aromatic rings. The van der Waals surface area contributed by atoms with Gasteiger partial charge in [0.15, 0.2) is 5.13 Å². The van der Waals surface area contributed by atoms with Crippen LogP contribution in [0.3, 0.4) is 0 Å². The van der Waals surface area contributed by atoms with Crippen LogP contribution >= 0.6 is 11.3 Å². The molecule has 0 saturated heterocycles. The Morgan fingerprint density at radius 2 is 1.96 bits per heavy atom. The third-order valence-electron chi connectivity index (χ3n) is 4.97. The predicted octanol–water partition coefficient (Wildman–Crippen LogP) is 3.01. The molecule has 6 heteroatoms. The number of carbonyl (C=O) groups excluding carboxylic acids is 1. The van der Waals surface area contributed by atoms with E-state index in [1.54, 1.807) is 17.0 Å². The molecule has 0 bridgehead atoms. The average molecular weight is 377 g/mol. The average Bonchev–Trinajstić information content (AvgIpc) is 3.40. The molecule has 140 valence electrons. The van der Waals surface area contributed by atoms with Crippen LogP contribution in [0, 0.1) is 11.7 Å². The van der Waals surface area contributed by atoms with Crippen LogP contribution in [-0.4, -0.2) is 37.1 Å². The minimum atomic E-state index is -0.256. The van der Waals surface area contributed by atoms with Crippen molar-refractivity contribution in [3.63, 3.8) is 0 Å². The Morgan fingerprint density at radius 3 is 2.58 bits per heavy atom. The first-order valence-corrected chi connectivity index (χ1v) is 10.4. The second kappa shape index (κ2) is 8.73. The first kappa shape index (κ1) is 19.0. The van der Waals surface area contributed by atoms with E-state index >= 15 is 0 Å². The van der Waals surface area contributed by atoms with Crippen molar-refractivity contribution in [1.82, 2.24) is 4.98 Å². The Labute approximate surface area is 158 Å². The molecular formula is C20H27FN3OS+. The molecule has 1 N–H and O–H groups in total. The van der Waals surface area contributed by atoms with Crippen LogP contribution in [0.25, 0.3) is 11.3 Å². The maximum Gasteiger partial charge on any atom is 0.231 e. The van der Waals surface area contributed by atoms with Gasteiger partial charge in [0, 0.05) is 29.8 Å². The number of thiazole rings is 1. The molecule has 1 aliphatic carbocycles. The standard InChI is InChI=1S/C20H26FN3OS/c1-3-23(4-2)12-5-13-24(19(25)16-6-7-16)20-22-18(14-26-20)15-8-10-17(21)11-9-15/h8-11,14,16H,3-7,12-13H2,1-2H3/p+1. The van der Waals surface area contributed by atoms with Gasteiger partial charge in [-0.25, -0.2) is 9.37 Å². The number of hydrogen-bond acceptors (Lipinski definition) is 3. The number of rotatable bonds is 9. The highest BCUT2D eigenvalue weighted by atomic mass is 32.1. The fourth-order valence-electron chi connectivity index (χ4n) is 3.08. The fraction of sp³-hybridized carbons (Fsp3) is 0.500. The van der Waals surface area contributed by atoms with Gasteiger partial charge in [0.25, 0.3) is 0 Å². The Morgan fingerprint density at radius 1 is 1.27 bits per heavy atom. The summed E-state index contributed by atoms with van der Waals surface area (Å²) in [5.74, 6) is 0.127. The highest BCUT2D eigenvalue weighted by molar-refractivity contribution is 7.14. The smallest absolute Gasteiger partial charge is 0.231 e. The van der Waals surface area contributed by atoms with Crippen LogP contribution in [0.4, 0.5) is 9.52 Å². The number of anilines is 1. The van der Waals surface area contributed by atoms with E-state index in [1.807, 2.05) is 10.3 Å². The summed E-state index contributed by atoms with van der Waals surface area (Å²) in [4.78, 5) is 20.8. The molecule has 1 aliphatic rings. The van der Waals surface area contributed by atoms with Crippen LogP contribution < -0.4 is 9.80 Å². The lowest BCUT2D eigenvalue weighted by Crippen LogP contribution is -3.11. The second-order valence-electron chi connectivity index (χ2n) is 6.85. The SMILES string of the molecule is CC[NH+](CC)CCCN(C(=O)C1CC1)c1nc(-c2ccc(F)cc2)cs1. The van der Waals surface area contributed by atoms with E-state index in [0.717, 1.165) is 61.8 Å². The number of aromatic nitrogens is 1. The minimum absolute atomic E-state index is 0.175. The summed E-state index contributed by atoms with van der Waals surface area (Å²) in [5.41, 5.74) is 1.67. The summed E-state index contributed by atoms with van der Waals surface area (Å²) in [6.45, 7) is 8.40. The van der Waals surface area contributed by atoms with Crippen LogP contribution in [0.5, 0.6) is 0 Å². The number of nitrogens with one attached hydrogen (secondary N) is 1. The predicted molar refractivity (Wildman–Crippen MR) is 104 cm³/mol. The summed E-state index contributed by atoms with van der Waals surface area (Å²) >= 11 is 1.49. The van der Waals surface area contributed by atoms with Gasteiger partial charge in [-0.1, -0.05) is 0 Å². The van der Waals surface area contributed by atoms with Gasteiger partial charge in [-0.05, 0) is 51.0 Å². The zero-order valence-corrected chi connectivity index (χ0v) is 16.3. The summed E-state index contributed by atoms with van der Waals surface area (Å²) in [6.07, 6.45) is 2.96. The van der Waals surface area contributed by atoms with Gasteiger partial charge in [0.05, 0.1) is 25.3 Å². The molecule has 1 aromatic heterocycles. The van der Waals surface area contributed by atoms with Gasteiger partial charge in [0.1, 0.15) is 5.82 Å². The lowest BCUT2D eigenvalue weighted by Gasteiger charge is -2.21. The summed E-state index contributed by atoms with van der Waals surface area (Å²) in [7, 11) is 0. The van der Waals surface area contributed by atoms with E-state index in [9.17, 15) is 9.18 Å². The molecule has 1 aromatic carbocycles. The molecule has 26 heavy (non-hydrogen) atoms. The van der Waals surface area contributed by atoms with E-state index in [2.05, 4.69) is 18.8 Å². The third kappa shape index (κ3) is 4.68. The van der Waals surface area contributed by atoms with Crippen LogP contribution in [0.2, 0.25) is 0 Å². The second-order valence-corrected chi connectivity index (χ2v) is 7.68. The minimum Gasteiger partial charge on any atom is -0.335 e. The summed E-state index contributed by atoms with van der Waals surface area (Å²) in [6, 6.07) is 6.33. The van der Waals surface area contributed by atoms with Gasteiger partial charge in [-0.15, -0.1) is 11.3 Å². The molecule has 1 fully saturated rings. The van der Waals surface area contributed by atoms with Gasteiger partial charge in [0.2, 0.25) is 5.91 Å². The molecule has 0 spiro atoms. The largest absolute Gasteiger partial charge is 0.335 e. The molecule has 0 radical (unpaired) electrons.